The van der Waals surface area contributed by atoms with Crippen molar-refractivity contribution in [3.8, 4) is 0 Å². The zero-order valence-corrected chi connectivity index (χ0v) is 17.3. The second kappa shape index (κ2) is 9.06. The van der Waals surface area contributed by atoms with Crippen molar-refractivity contribution in [2.75, 3.05) is 5.75 Å². The molecule has 1 heterocycles. The lowest BCUT2D eigenvalue weighted by atomic mass is 10.2. The van der Waals surface area contributed by atoms with Crippen LogP contribution in [0.4, 0.5) is 0 Å². The number of carbonyl (C=O) groups is 1. The van der Waals surface area contributed by atoms with Gasteiger partial charge in [-0.25, -0.2) is 4.98 Å². The van der Waals surface area contributed by atoms with Crippen molar-refractivity contribution in [2.45, 2.75) is 45.1 Å². The van der Waals surface area contributed by atoms with Gasteiger partial charge in [0.1, 0.15) is 0 Å². The van der Waals surface area contributed by atoms with Crippen LogP contribution in [-0.4, -0.2) is 32.2 Å². The van der Waals surface area contributed by atoms with Crippen LogP contribution >= 0.6 is 11.8 Å². The SMILES string of the molecule is CCn1c(SCC(=O)N(Cc2ccccc2)C(C)C)nc2ccccc2c1=O. The first-order chi connectivity index (χ1) is 13.5. The van der Waals surface area contributed by atoms with Crippen molar-refractivity contribution in [1.82, 2.24) is 14.5 Å². The largest absolute Gasteiger partial charge is 0.335 e. The molecule has 0 N–H and O–H groups in total. The molecular weight excluding hydrogens is 370 g/mol. The summed E-state index contributed by atoms with van der Waals surface area (Å²) >= 11 is 1.33. The first kappa shape index (κ1) is 20.1. The zero-order valence-electron chi connectivity index (χ0n) is 16.5. The van der Waals surface area contributed by atoms with Gasteiger partial charge >= 0.3 is 0 Å². The highest BCUT2D eigenvalue weighted by Crippen LogP contribution is 2.19. The van der Waals surface area contributed by atoms with Crippen LogP contribution in [0.25, 0.3) is 10.9 Å². The Morgan fingerprint density at radius 1 is 1.11 bits per heavy atom. The molecule has 0 unspecified atom stereocenters. The lowest BCUT2D eigenvalue weighted by Gasteiger charge is -2.27. The standard InChI is InChI=1S/C22H25N3O2S/c1-4-24-21(27)18-12-8-9-13-19(18)23-22(24)28-15-20(26)25(16(2)3)14-17-10-6-5-7-11-17/h5-13,16H,4,14-15H2,1-3H3. The molecule has 2 aromatic carbocycles. The molecule has 0 bridgehead atoms. The van der Waals surface area contributed by atoms with Gasteiger partial charge in [-0.2, -0.15) is 0 Å². The van der Waals surface area contributed by atoms with E-state index in [1.54, 1.807) is 10.6 Å². The van der Waals surface area contributed by atoms with E-state index in [4.69, 9.17) is 0 Å². The first-order valence-electron chi connectivity index (χ1n) is 9.47. The average molecular weight is 396 g/mol. The maximum Gasteiger partial charge on any atom is 0.262 e. The molecule has 3 rings (SSSR count). The summed E-state index contributed by atoms with van der Waals surface area (Å²) in [5, 5.41) is 1.19. The molecule has 1 aromatic heterocycles. The van der Waals surface area contributed by atoms with E-state index in [-0.39, 0.29) is 23.3 Å². The van der Waals surface area contributed by atoms with Gasteiger partial charge in [-0.3, -0.25) is 14.2 Å². The minimum atomic E-state index is -0.0620. The lowest BCUT2D eigenvalue weighted by molar-refractivity contribution is -0.130. The molecule has 0 radical (unpaired) electrons. The quantitative estimate of drug-likeness (QED) is 0.449. The highest BCUT2D eigenvalue weighted by atomic mass is 32.2. The number of rotatable bonds is 7. The van der Waals surface area contributed by atoms with E-state index in [1.165, 1.54) is 11.8 Å². The molecule has 146 valence electrons. The Balaban J connectivity index is 1.80. The van der Waals surface area contributed by atoms with E-state index in [0.29, 0.717) is 29.1 Å². The summed E-state index contributed by atoms with van der Waals surface area (Å²) in [7, 11) is 0. The van der Waals surface area contributed by atoms with E-state index in [9.17, 15) is 9.59 Å². The van der Waals surface area contributed by atoms with E-state index in [0.717, 1.165) is 5.56 Å². The Labute approximate surface area is 169 Å². The van der Waals surface area contributed by atoms with Crippen molar-refractivity contribution in [1.29, 1.82) is 0 Å². The topological polar surface area (TPSA) is 55.2 Å². The molecule has 1 amide bonds. The van der Waals surface area contributed by atoms with Gasteiger partial charge in [0.2, 0.25) is 5.91 Å². The van der Waals surface area contributed by atoms with Gasteiger partial charge in [-0.1, -0.05) is 54.2 Å². The predicted molar refractivity (Wildman–Crippen MR) is 115 cm³/mol. The minimum absolute atomic E-state index is 0.0360. The van der Waals surface area contributed by atoms with Gasteiger partial charge in [-0.15, -0.1) is 0 Å². The number of para-hydroxylation sites is 1. The van der Waals surface area contributed by atoms with Crippen LogP contribution in [0.5, 0.6) is 0 Å². The van der Waals surface area contributed by atoms with Crippen LogP contribution < -0.4 is 5.56 Å². The predicted octanol–water partition coefficient (Wildman–Crippen LogP) is 3.95. The number of carbonyl (C=O) groups excluding carboxylic acids is 1. The molecule has 0 fully saturated rings. The molecule has 0 aliphatic rings. The fourth-order valence-corrected chi connectivity index (χ4v) is 4.03. The normalized spacial score (nSPS) is 11.1. The Morgan fingerprint density at radius 2 is 1.79 bits per heavy atom. The summed E-state index contributed by atoms with van der Waals surface area (Å²) in [5.74, 6) is 0.282. The molecular formula is C22H25N3O2S. The molecule has 0 saturated heterocycles. The van der Waals surface area contributed by atoms with Gasteiger partial charge in [-0.05, 0) is 38.5 Å². The number of thioether (sulfide) groups is 1. The van der Waals surface area contributed by atoms with Crippen molar-refractivity contribution in [3.05, 3.63) is 70.5 Å². The van der Waals surface area contributed by atoms with E-state index in [1.807, 2.05) is 74.2 Å². The van der Waals surface area contributed by atoms with Gasteiger partial charge < -0.3 is 4.90 Å². The monoisotopic (exact) mass is 395 g/mol. The van der Waals surface area contributed by atoms with E-state index in [2.05, 4.69) is 4.98 Å². The van der Waals surface area contributed by atoms with Crippen molar-refractivity contribution < 1.29 is 4.79 Å². The summed E-state index contributed by atoms with van der Waals surface area (Å²) in [4.78, 5) is 32.1. The number of benzene rings is 2. The third kappa shape index (κ3) is 4.44. The molecule has 3 aromatic rings. The molecule has 0 aliphatic carbocycles. The number of aromatic nitrogens is 2. The minimum Gasteiger partial charge on any atom is -0.335 e. The molecule has 6 heteroatoms. The Kier molecular flexibility index (Phi) is 6.52. The molecule has 28 heavy (non-hydrogen) atoms. The van der Waals surface area contributed by atoms with E-state index < -0.39 is 0 Å². The number of hydrogen-bond donors (Lipinski definition) is 0. The maximum absolute atomic E-state index is 12.9. The summed E-state index contributed by atoms with van der Waals surface area (Å²) < 4.78 is 1.64. The number of hydrogen-bond acceptors (Lipinski definition) is 4. The van der Waals surface area contributed by atoms with Gasteiger partial charge in [0.15, 0.2) is 5.16 Å². The number of fused-ring (bicyclic) bond motifs is 1. The molecule has 0 saturated carbocycles. The molecule has 0 atom stereocenters. The second-order valence-electron chi connectivity index (χ2n) is 6.85. The summed E-state index contributed by atoms with van der Waals surface area (Å²) in [6, 6.07) is 17.4. The van der Waals surface area contributed by atoms with Crippen molar-refractivity contribution in [3.63, 3.8) is 0 Å². The smallest absolute Gasteiger partial charge is 0.262 e. The molecule has 0 aliphatic heterocycles. The Morgan fingerprint density at radius 3 is 2.46 bits per heavy atom. The van der Waals surface area contributed by atoms with Crippen LogP contribution in [0, 0.1) is 0 Å². The fraction of sp³-hybridized carbons (Fsp3) is 0.318. The van der Waals surface area contributed by atoms with Crippen LogP contribution in [0.3, 0.4) is 0 Å². The zero-order chi connectivity index (χ0) is 20.1. The van der Waals surface area contributed by atoms with Crippen LogP contribution in [0.15, 0.2) is 64.5 Å². The molecule has 0 spiro atoms. The number of nitrogens with zero attached hydrogens (tertiary/aromatic N) is 3. The highest BCUT2D eigenvalue weighted by molar-refractivity contribution is 7.99. The Bertz CT molecular complexity index is 1020. The van der Waals surface area contributed by atoms with Gasteiger partial charge in [0.05, 0.1) is 16.7 Å². The summed E-state index contributed by atoms with van der Waals surface area (Å²) in [5.41, 5.74) is 1.70. The second-order valence-corrected chi connectivity index (χ2v) is 7.79. The van der Waals surface area contributed by atoms with Crippen LogP contribution in [0.2, 0.25) is 0 Å². The fourth-order valence-electron chi connectivity index (χ4n) is 3.08. The van der Waals surface area contributed by atoms with Crippen LogP contribution in [0.1, 0.15) is 26.3 Å². The van der Waals surface area contributed by atoms with Crippen LogP contribution in [-0.2, 0) is 17.9 Å². The van der Waals surface area contributed by atoms with E-state index >= 15 is 0 Å². The average Bonchev–Trinajstić information content (AvgIpc) is 2.71. The third-order valence-corrected chi connectivity index (χ3v) is 5.57. The van der Waals surface area contributed by atoms with Gasteiger partial charge in [0.25, 0.3) is 5.56 Å². The first-order valence-corrected chi connectivity index (χ1v) is 10.5. The Hall–Kier alpha value is -2.60. The number of amides is 1. The summed E-state index contributed by atoms with van der Waals surface area (Å²) in [6.07, 6.45) is 0. The maximum atomic E-state index is 12.9. The third-order valence-electron chi connectivity index (χ3n) is 4.61. The highest BCUT2D eigenvalue weighted by Gasteiger charge is 2.19. The summed E-state index contributed by atoms with van der Waals surface area (Å²) in [6.45, 7) is 7.04. The van der Waals surface area contributed by atoms with Crippen molar-refractivity contribution >= 4 is 28.6 Å². The van der Waals surface area contributed by atoms with Gasteiger partial charge in [0, 0.05) is 19.1 Å². The lowest BCUT2D eigenvalue weighted by Crippen LogP contribution is -2.37. The molecule has 5 nitrogen and oxygen atoms in total. The van der Waals surface area contributed by atoms with Crippen molar-refractivity contribution in [2.24, 2.45) is 0 Å².